The van der Waals surface area contributed by atoms with Crippen molar-refractivity contribution in [2.75, 3.05) is 6.79 Å². The highest BCUT2D eigenvalue weighted by Crippen LogP contribution is 2.33. The van der Waals surface area contributed by atoms with Gasteiger partial charge in [0.25, 0.3) is 0 Å². The number of fused-ring (bicyclic) bond motifs is 1. The lowest BCUT2D eigenvalue weighted by molar-refractivity contribution is 0.174. The first-order valence-electron chi connectivity index (χ1n) is 5.97. The Labute approximate surface area is 124 Å². The maximum Gasteiger partial charge on any atom is 0.231 e. The first kappa shape index (κ1) is 12.8. The maximum atomic E-state index is 8.86. The number of benzene rings is 2. The molecule has 0 spiro atoms. The molecule has 20 heavy (non-hydrogen) atoms. The van der Waals surface area contributed by atoms with E-state index in [1.165, 1.54) is 0 Å². The molecule has 0 radical (unpaired) electrons. The molecule has 2 aromatic carbocycles. The van der Waals surface area contributed by atoms with Crippen LogP contribution in [-0.2, 0) is 6.61 Å². The van der Waals surface area contributed by atoms with Gasteiger partial charge in [0.15, 0.2) is 11.5 Å². The van der Waals surface area contributed by atoms with E-state index < -0.39 is 0 Å². The van der Waals surface area contributed by atoms with Crippen molar-refractivity contribution in [3.63, 3.8) is 0 Å². The third kappa shape index (κ3) is 2.56. The van der Waals surface area contributed by atoms with Crippen LogP contribution in [-0.4, -0.2) is 6.79 Å². The zero-order valence-corrected chi connectivity index (χ0v) is 12.0. The molecule has 1 heterocycles. The minimum absolute atomic E-state index is 0.266. The van der Waals surface area contributed by atoms with Crippen molar-refractivity contribution in [3.05, 3.63) is 52.0 Å². The maximum absolute atomic E-state index is 8.86. The standard InChI is InChI=1S/C15H10BrNO3/c16-13-6-12(3-2-11(13)7-17)18-8-10-1-4-14-15(5-10)20-9-19-14/h1-6H,8-9H2. The molecule has 0 saturated heterocycles. The molecule has 0 aromatic heterocycles. The van der Waals surface area contributed by atoms with Crippen LogP contribution in [0.25, 0.3) is 0 Å². The Morgan fingerprint density at radius 2 is 2.00 bits per heavy atom. The summed E-state index contributed by atoms with van der Waals surface area (Å²) in [6.45, 7) is 0.692. The number of hydrogen-bond acceptors (Lipinski definition) is 4. The second kappa shape index (κ2) is 5.43. The molecule has 0 atom stereocenters. The van der Waals surface area contributed by atoms with Gasteiger partial charge in [-0.3, -0.25) is 0 Å². The first-order valence-corrected chi connectivity index (χ1v) is 6.76. The third-order valence-corrected chi connectivity index (χ3v) is 3.56. The van der Waals surface area contributed by atoms with Crippen LogP contribution in [0.3, 0.4) is 0 Å². The van der Waals surface area contributed by atoms with E-state index in [4.69, 9.17) is 19.5 Å². The van der Waals surface area contributed by atoms with Gasteiger partial charge in [0.1, 0.15) is 18.4 Å². The highest BCUT2D eigenvalue weighted by molar-refractivity contribution is 9.10. The molecule has 0 unspecified atom stereocenters. The first-order chi connectivity index (χ1) is 9.76. The molecular formula is C15H10BrNO3. The molecule has 5 heteroatoms. The van der Waals surface area contributed by atoms with Gasteiger partial charge in [-0.25, -0.2) is 0 Å². The van der Waals surface area contributed by atoms with Gasteiger partial charge in [0.05, 0.1) is 5.56 Å². The van der Waals surface area contributed by atoms with Crippen LogP contribution in [0.2, 0.25) is 0 Å². The van der Waals surface area contributed by atoms with Crippen molar-refractivity contribution in [2.45, 2.75) is 6.61 Å². The van der Waals surface area contributed by atoms with E-state index in [9.17, 15) is 0 Å². The van der Waals surface area contributed by atoms with Gasteiger partial charge in [-0.15, -0.1) is 0 Å². The van der Waals surface area contributed by atoms with Crippen molar-refractivity contribution in [1.82, 2.24) is 0 Å². The Hall–Kier alpha value is -2.19. The summed E-state index contributed by atoms with van der Waals surface area (Å²) in [5.41, 5.74) is 1.58. The second-order valence-corrected chi connectivity index (χ2v) is 5.08. The number of ether oxygens (including phenoxy) is 3. The summed E-state index contributed by atoms with van der Waals surface area (Å²) in [7, 11) is 0. The van der Waals surface area contributed by atoms with Gasteiger partial charge in [-0.1, -0.05) is 6.07 Å². The van der Waals surface area contributed by atoms with Crippen molar-refractivity contribution < 1.29 is 14.2 Å². The average molecular weight is 332 g/mol. The van der Waals surface area contributed by atoms with Crippen LogP contribution >= 0.6 is 15.9 Å². The number of nitriles is 1. The van der Waals surface area contributed by atoms with Crippen LogP contribution in [0.5, 0.6) is 17.2 Å². The molecule has 100 valence electrons. The van der Waals surface area contributed by atoms with Crippen LogP contribution in [0.15, 0.2) is 40.9 Å². The topological polar surface area (TPSA) is 51.5 Å². The predicted molar refractivity (Wildman–Crippen MR) is 75.8 cm³/mol. The molecule has 4 nitrogen and oxygen atoms in total. The summed E-state index contributed by atoms with van der Waals surface area (Å²) in [4.78, 5) is 0. The summed E-state index contributed by atoms with van der Waals surface area (Å²) in [6.07, 6.45) is 0. The second-order valence-electron chi connectivity index (χ2n) is 4.23. The van der Waals surface area contributed by atoms with Crippen LogP contribution < -0.4 is 14.2 Å². The van der Waals surface area contributed by atoms with E-state index in [1.807, 2.05) is 18.2 Å². The molecule has 0 fully saturated rings. The van der Waals surface area contributed by atoms with Crippen molar-refractivity contribution in [3.8, 4) is 23.3 Å². The van der Waals surface area contributed by atoms with Crippen LogP contribution in [0.1, 0.15) is 11.1 Å². The normalized spacial score (nSPS) is 12.0. The molecule has 1 aliphatic rings. The van der Waals surface area contributed by atoms with Gasteiger partial charge in [-0.2, -0.15) is 5.26 Å². The Balaban J connectivity index is 1.70. The smallest absolute Gasteiger partial charge is 0.231 e. The summed E-state index contributed by atoms with van der Waals surface area (Å²) in [6, 6.07) is 13.1. The highest BCUT2D eigenvalue weighted by atomic mass is 79.9. The van der Waals surface area contributed by atoms with Crippen molar-refractivity contribution in [1.29, 1.82) is 5.26 Å². The molecule has 0 bridgehead atoms. The van der Waals surface area contributed by atoms with Gasteiger partial charge in [0, 0.05) is 4.47 Å². The number of nitrogens with zero attached hydrogens (tertiary/aromatic N) is 1. The molecule has 0 amide bonds. The van der Waals surface area contributed by atoms with E-state index in [0.717, 1.165) is 21.5 Å². The fraction of sp³-hybridized carbons (Fsp3) is 0.133. The lowest BCUT2D eigenvalue weighted by Gasteiger charge is -2.08. The quantitative estimate of drug-likeness (QED) is 0.861. The lowest BCUT2D eigenvalue weighted by Crippen LogP contribution is -1.96. The van der Waals surface area contributed by atoms with E-state index in [0.29, 0.717) is 17.9 Å². The molecule has 3 rings (SSSR count). The number of hydrogen-bond donors (Lipinski definition) is 0. The Morgan fingerprint density at radius 3 is 2.80 bits per heavy atom. The highest BCUT2D eigenvalue weighted by Gasteiger charge is 2.13. The summed E-state index contributed by atoms with van der Waals surface area (Å²) >= 11 is 3.34. The zero-order valence-electron chi connectivity index (χ0n) is 10.4. The fourth-order valence-electron chi connectivity index (χ4n) is 1.87. The molecule has 0 saturated carbocycles. The van der Waals surface area contributed by atoms with Gasteiger partial charge >= 0.3 is 0 Å². The molecule has 2 aromatic rings. The fourth-order valence-corrected chi connectivity index (χ4v) is 2.32. The van der Waals surface area contributed by atoms with Crippen molar-refractivity contribution >= 4 is 15.9 Å². The SMILES string of the molecule is N#Cc1ccc(OCc2ccc3c(c2)OCO3)cc1Br. The minimum Gasteiger partial charge on any atom is -0.489 e. The van der Waals surface area contributed by atoms with Gasteiger partial charge in [-0.05, 0) is 51.8 Å². The largest absolute Gasteiger partial charge is 0.489 e. The monoisotopic (exact) mass is 331 g/mol. The Morgan fingerprint density at radius 1 is 1.15 bits per heavy atom. The zero-order chi connectivity index (χ0) is 13.9. The molecule has 0 aliphatic carbocycles. The molecule has 1 aliphatic heterocycles. The molecule has 0 N–H and O–H groups in total. The number of halogens is 1. The van der Waals surface area contributed by atoms with Crippen molar-refractivity contribution in [2.24, 2.45) is 0 Å². The summed E-state index contributed by atoms with van der Waals surface area (Å²) < 4.78 is 17.0. The minimum atomic E-state index is 0.266. The number of rotatable bonds is 3. The van der Waals surface area contributed by atoms with Gasteiger partial charge in [0.2, 0.25) is 6.79 Å². The van der Waals surface area contributed by atoms with E-state index in [-0.39, 0.29) is 6.79 Å². The van der Waals surface area contributed by atoms with Gasteiger partial charge < -0.3 is 14.2 Å². The average Bonchev–Trinajstić information content (AvgIpc) is 2.92. The van der Waals surface area contributed by atoms with Crippen LogP contribution in [0.4, 0.5) is 0 Å². The van der Waals surface area contributed by atoms with Crippen LogP contribution in [0, 0.1) is 11.3 Å². The lowest BCUT2D eigenvalue weighted by atomic mass is 10.2. The Kier molecular flexibility index (Phi) is 3.48. The summed E-state index contributed by atoms with van der Waals surface area (Å²) in [5.74, 6) is 2.20. The predicted octanol–water partition coefficient (Wildman–Crippen LogP) is 3.63. The van der Waals surface area contributed by atoms with E-state index in [1.54, 1.807) is 18.2 Å². The molecular weight excluding hydrogens is 322 g/mol. The summed E-state index contributed by atoms with van der Waals surface area (Å²) in [5, 5.41) is 8.86. The van der Waals surface area contributed by atoms with E-state index >= 15 is 0 Å². The Bertz CT molecular complexity index is 683. The third-order valence-electron chi connectivity index (χ3n) is 2.90. The van der Waals surface area contributed by atoms with E-state index in [2.05, 4.69) is 22.0 Å².